The highest BCUT2D eigenvalue weighted by atomic mass is 35.5. The van der Waals surface area contributed by atoms with Gasteiger partial charge in [-0.25, -0.2) is 0 Å². The second-order valence-electron chi connectivity index (χ2n) is 3.97. The molecular formula is C14H12ClN3O2. The van der Waals surface area contributed by atoms with Crippen molar-refractivity contribution >= 4 is 29.1 Å². The number of carbonyl (C=O) groups is 2. The van der Waals surface area contributed by atoms with Gasteiger partial charge in [0.25, 0.3) is 11.8 Å². The highest BCUT2D eigenvalue weighted by molar-refractivity contribution is 6.30. The van der Waals surface area contributed by atoms with Crippen molar-refractivity contribution in [1.82, 2.24) is 10.3 Å². The fourth-order valence-corrected chi connectivity index (χ4v) is 1.73. The summed E-state index contributed by atoms with van der Waals surface area (Å²) >= 11 is 5.80. The van der Waals surface area contributed by atoms with Gasteiger partial charge in [0.2, 0.25) is 0 Å². The Bertz CT molecular complexity index is 641. The van der Waals surface area contributed by atoms with Crippen LogP contribution in [0.4, 0.5) is 5.69 Å². The van der Waals surface area contributed by atoms with E-state index in [1.54, 1.807) is 37.4 Å². The molecule has 0 saturated carbocycles. The van der Waals surface area contributed by atoms with E-state index in [1.165, 1.54) is 12.3 Å². The molecule has 0 unspecified atom stereocenters. The Morgan fingerprint density at radius 1 is 1.10 bits per heavy atom. The summed E-state index contributed by atoms with van der Waals surface area (Å²) in [6.07, 6.45) is 1.46. The number of nitrogens with zero attached hydrogens (tertiary/aromatic N) is 1. The van der Waals surface area contributed by atoms with E-state index in [1.807, 2.05) is 0 Å². The van der Waals surface area contributed by atoms with Crippen molar-refractivity contribution in [3.63, 3.8) is 0 Å². The van der Waals surface area contributed by atoms with Crippen molar-refractivity contribution in [2.75, 3.05) is 12.4 Å². The zero-order chi connectivity index (χ0) is 14.5. The third-order valence-electron chi connectivity index (χ3n) is 2.59. The predicted octanol–water partition coefficient (Wildman–Crippen LogP) is 2.35. The highest BCUT2D eigenvalue weighted by Crippen LogP contribution is 2.13. The number of pyridine rings is 1. The molecule has 1 aromatic heterocycles. The molecule has 0 fully saturated rings. The Balaban J connectivity index is 2.10. The van der Waals surface area contributed by atoms with Crippen LogP contribution in [-0.2, 0) is 0 Å². The lowest BCUT2D eigenvalue weighted by atomic mass is 10.2. The van der Waals surface area contributed by atoms with Crippen LogP contribution >= 0.6 is 11.6 Å². The van der Waals surface area contributed by atoms with Gasteiger partial charge in [0.05, 0.1) is 0 Å². The Labute approximate surface area is 121 Å². The van der Waals surface area contributed by atoms with Crippen LogP contribution in [0, 0.1) is 0 Å². The molecule has 0 aliphatic carbocycles. The third kappa shape index (κ3) is 3.33. The lowest BCUT2D eigenvalue weighted by Gasteiger charge is -2.06. The summed E-state index contributed by atoms with van der Waals surface area (Å²) in [5.74, 6) is -0.542. The predicted molar refractivity (Wildman–Crippen MR) is 77.0 cm³/mol. The van der Waals surface area contributed by atoms with Crippen LogP contribution in [0.5, 0.6) is 0 Å². The fraction of sp³-hybridized carbons (Fsp3) is 0.0714. The maximum atomic E-state index is 11.9. The molecule has 102 valence electrons. The maximum absolute atomic E-state index is 11.9. The van der Waals surface area contributed by atoms with Crippen molar-refractivity contribution in [3.8, 4) is 0 Å². The first-order chi connectivity index (χ1) is 9.60. The SMILES string of the molecule is CNC(=O)c1ccc(NC(=O)c2cc(Cl)ccn2)cc1. The summed E-state index contributed by atoms with van der Waals surface area (Å²) in [6, 6.07) is 9.62. The number of hydrogen-bond acceptors (Lipinski definition) is 3. The normalized spacial score (nSPS) is 9.90. The van der Waals surface area contributed by atoms with Gasteiger partial charge in [0, 0.05) is 29.5 Å². The molecule has 0 radical (unpaired) electrons. The topological polar surface area (TPSA) is 71.1 Å². The van der Waals surface area contributed by atoms with E-state index in [0.29, 0.717) is 16.3 Å². The molecular weight excluding hydrogens is 278 g/mol. The Morgan fingerprint density at radius 3 is 2.40 bits per heavy atom. The standard InChI is InChI=1S/C14H12ClN3O2/c1-16-13(19)9-2-4-11(5-3-9)18-14(20)12-8-10(15)6-7-17-12/h2-8H,1H3,(H,16,19)(H,18,20). The maximum Gasteiger partial charge on any atom is 0.274 e. The second-order valence-corrected chi connectivity index (χ2v) is 4.41. The van der Waals surface area contributed by atoms with Gasteiger partial charge in [-0.1, -0.05) is 11.6 Å². The molecule has 2 rings (SSSR count). The minimum Gasteiger partial charge on any atom is -0.355 e. The quantitative estimate of drug-likeness (QED) is 0.911. The Hall–Kier alpha value is -2.40. The number of nitrogens with one attached hydrogen (secondary N) is 2. The monoisotopic (exact) mass is 289 g/mol. The molecule has 0 bridgehead atoms. The van der Waals surface area contributed by atoms with E-state index in [2.05, 4.69) is 15.6 Å². The smallest absolute Gasteiger partial charge is 0.274 e. The number of carbonyl (C=O) groups excluding carboxylic acids is 2. The van der Waals surface area contributed by atoms with E-state index in [4.69, 9.17) is 11.6 Å². The van der Waals surface area contributed by atoms with Crippen LogP contribution in [0.15, 0.2) is 42.6 Å². The number of hydrogen-bond donors (Lipinski definition) is 2. The molecule has 0 atom stereocenters. The lowest BCUT2D eigenvalue weighted by Crippen LogP contribution is -2.18. The second kappa shape index (κ2) is 6.16. The molecule has 2 N–H and O–H groups in total. The summed E-state index contributed by atoms with van der Waals surface area (Å²) in [5.41, 5.74) is 1.32. The minimum absolute atomic E-state index is 0.181. The van der Waals surface area contributed by atoms with Crippen molar-refractivity contribution < 1.29 is 9.59 Å². The van der Waals surface area contributed by atoms with Gasteiger partial charge in [-0.15, -0.1) is 0 Å². The highest BCUT2D eigenvalue weighted by Gasteiger charge is 2.09. The molecule has 2 aromatic rings. The van der Waals surface area contributed by atoms with Gasteiger partial charge >= 0.3 is 0 Å². The molecule has 0 aliphatic heterocycles. The van der Waals surface area contributed by atoms with Crippen LogP contribution in [0.1, 0.15) is 20.8 Å². The fourth-order valence-electron chi connectivity index (χ4n) is 1.57. The van der Waals surface area contributed by atoms with Crippen molar-refractivity contribution in [1.29, 1.82) is 0 Å². The summed E-state index contributed by atoms with van der Waals surface area (Å²) in [4.78, 5) is 27.2. The summed E-state index contributed by atoms with van der Waals surface area (Å²) < 4.78 is 0. The van der Waals surface area contributed by atoms with Crippen molar-refractivity contribution in [2.24, 2.45) is 0 Å². The van der Waals surface area contributed by atoms with E-state index < -0.39 is 0 Å². The molecule has 20 heavy (non-hydrogen) atoms. The zero-order valence-electron chi connectivity index (χ0n) is 10.7. The van der Waals surface area contributed by atoms with Crippen LogP contribution in [-0.4, -0.2) is 23.8 Å². The van der Waals surface area contributed by atoms with Gasteiger partial charge in [-0.2, -0.15) is 0 Å². The number of aromatic nitrogens is 1. The largest absolute Gasteiger partial charge is 0.355 e. The first-order valence-corrected chi connectivity index (χ1v) is 6.23. The molecule has 5 nitrogen and oxygen atoms in total. The molecule has 6 heteroatoms. The Kier molecular flexibility index (Phi) is 4.32. The first kappa shape index (κ1) is 14.0. The van der Waals surface area contributed by atoms with Gasteiger partial charge in [0.15, 0.2) is 0 Å². The zero-order valence-corrected chi connectivity index (χ0v) is 11.4. The van der Waals surface area contributed by atoms with E-state index in [0.717, 1.165) is 0 Å². The van der Waals surface area contributed by atoms with E-state index >= 15 is 0 Å². The van der Waals surface area contributed by atoms with Crippen LogP contribution in [0.3, 0.4) is 0 Å². The van der Waals surface area contributed by atoms with Gasteiger partial charge < -0.3 is 10.6 Å². The van der Waals surface area contributed by atoms with Crippen LogP contribution in [0.2, 0.25) is 5.02 Å². The average Bonchev–Trinajstić information content (AvgIpc) is 2.47. The van der Waals surface area contributed by atoms with Gasteiger partial charge in [0.1, 0.15) is 5.69 Å². The minimum atomic E-state index is -0.361. The summed E-state index contributed by atoms with van der Waals surface area (Å²) in [5, 5.41) is 5.64. The number of rotatable bonds is 3. The van der Waals surface area contributed by atoms with Crippen LogP contribution < -0.4 is 10.6 Å². The van der Waals surface area contributed by atoms with E-state index in [-0.39, 0.29) is 17.5 Å². The first-order valence-electron chi connectivity index (χ1n) is 5.85. The summed E-state index contributed by atoms with van der Waals surface area (Å²) in [7, 11) is 1.56. The Morgan fingerprint density at radius 2 is 1.80 bits per heavy atom. The number of anilines is 1. The van der Waals surface area contributed by atoms with E-state index in [9.17, 15) is 9.59 Å². The lowest BCUT2D eigenvalue weighted by molar-refractivity contribution is 0.0962. The third-order valence-corrected chi connectivity index (χ3v) is 2.82. The molecule has 0 saturated heterocycles. The van der Waals surface area contributed by atoms with Crippen molar-refractivity contribution in [3.05, 3.63) is 58.9 Å². The molecule has 1 aromatic carbocycles. The van der Waals surface area contributed by atoms with Gasteiger partial charge in [-0.05, 0) is 36.4 Å². The molecule has 0 spiro atoms. The molecule has 1 heterocycles. The average molecular weight is 290 g/mol. The molecule has 0 aliphatic rings. The summed E-state index contributed by atoms with van der Waals surface area (Å²) in [6.45, 7) is 0. The number of amides is 2. The van der Waals surface area contributed by atoms with Crippen LogP contribution in [0.25, 0.3) is 0 Å². The molecule has 2 amide bonds. The number of halogens is 1. The van der Waals surface area contributed by atoms with Gasteiger partial charge in [-0.3, -0.25) is 14.6 Å². The van der Waals surface area contributed by atoms with Crippen molar-refractivity contribution in [2.45, 2.75) is 0 Å². The number of benzene rings is 1.